The number of benzene rings is 2. The summed E-state index contributed by atoms with van der Waals surface area (Å²) >= 11 is 6.66. The minimum absolute atomic E-state index is 0.0307. The van der Waals surface area contributed by atoms with Gasteiger partial charge in [0.1, 0.15) is 5.75 Å². The summed E-state index contributed by atoms with van der Waals surface area (Å²) in [6.07, 6.45) is 0. The van der Waals surface area contributed by atoms with Crippen molar-refractivity contribution >= 4 is 49.1 Å². The molecular formula is C14H12Br2N2O2. The number of rotatable bonds is 2. The molecule has 2 aromatic carbocycles. The lowest BCUT2D eigenvalue weighted by molar-refractivity contribution is 0.102. The van der Waals surface area contributed by atoms with E-state index >= 15 is 0 Å². The first-order valence-corrected chi connectivity index (χ1v) is 7.33. The first-order chi connectivity index (χ1) is 9.40. The van der Waals surface area contributed by atoms with Crippen LogP contribution < -0.4 is 11.1 Å². The largest absolute Gasteiger partial charge is 0.507 e. The maximum Gasteiger partial charge on any atom is 0.259 e. The van der Waals surface area contributed by atoms with E-state index in [1.807, 2.05) is 0 Å². The standard InChI is InChI=1S/C14H12Br2N2O2/c1-7-3-2-4-9(13(7)19)14(20)18-12-10(16)5-8(15)6-11(12)17/h2-6,19H,17H2,1H3,(H,18,20). The van der Waals surface area contributed by atoms with E-state index in [4.69, 9.17) is 5.73 Å². The summed E-state index contributed by atoms with van der Waals surface area (Å²) in [6.45, 7) is 1.73. The van der Waals surface area contributed by atoms with E-state index in [1.165, 1.54) is 0 Å². The fourth-order valence-corrected chi connectivity index (χ4v) is 3.11. The molecule has 0 aliphatic heterocycles. The third kappa shape index (κ3) is 2.96. The number of nitrogens with two attached hydrogens (primary N) is 1. The number of amides is 1. The molecule has 0 bridgehead atoms. The molecule has 0 radical (unpaired) electrons. The van der Waals surface area contributed by atoms with Gasteiger partial charge >= 0.3 is 0 Å². The van der Waals surface area contributed by atoms with E-state index in [-0.39, 0.29) is 11.3 Å². The third-order valence-corrected chi connectivity index (χ3v) is 3.89. The van der Waals surface area contributed by atoms with Crippen LogP contribution in [0.25, 0.3) is 0 Å². The van der Waals surface area contributed by atoms with Crippen molar-refractivity contribution in [2.45, 2.75) is 6.92 Å². The van der Waals surface area contributed by atoms with Crippen LogP contribution in [0.4, 0.5) is 11.4 Å². The number of aryl methyl sites for hydroxylation is 1. The van der Waals surface area contributed by atoms with Gasteiger partial charge in [0.05, 0.1) is 16.9 Å². The van der Waals surface area contributed by atoms with Crippen molar-refractivity contribution < 1.29 is 9.90 Å². The van der Waals surface area contributed by atoms with Gasteiger partial charge in [0, 0.05) is 8.95 Å². The molecule has 20 heavy (non-hydrogen) atoms. The van der Waals surface area contributed by atoms with Gasteiger partial charge in [-0.2, -0.15) is 0 Å². The van der Waals surface area contributed by atoms with Gasteiger partial charge in [0.25, 0.3) is 5.91 Å². The molecule has 2 aromatic rings. The summed E-state index contributed by atoms with van der Waals surface area (Å²) in [4.78, 5) is 12.2. The van der Waals surface area contributed by atoms with Gasteiger partial charge in [0.2, 0.25) is 0 Å². The van der Waals surface area contributed by atoms with Gasteiger partial charge in [-0.25, -0.2) is 0 Å². The normalized spacial score (nSPS) is 10.3. The number of anilines is 2. The lowest BCUT2D eigenvalue weighted by Gasteiger charge is -2.12. The van der Waals surface area contributed by atoms with Crippen LogP contribution in [-0.2, 0) is 0 Å². The van der Waals surface area contributed by atoms with Gasteiger partial charge < -0.3 is 16.2 Å². The van der Waals surface area contributed by atoms with Gasteiger partial charge in [-0.05, 0) is 46.6 Å². The Labute approximate surface area is 133 Å². The molecule has 4 nitrogen and oxygen atoms in total. The highest BCUT2D eigenvalue weighted by Crippen LogP contribution is 2.33. The van der Waals surface area contributed by atoms with E-state index in [0.29, 0.717) is 21.4 Å². The number of hydrogen-bond acceptors (Lipinski definition) is 3. The van der Waals surface area contributed by atoms with Crippen LogP contribution in [0.1, 0.15) is 15.9 Å². The van der Waals surface area contributed by atoms with Crippen molar-refractivity contribution in [2.24, 2.45) is 0 Å². The van der Waals surface area contributed by atoms with Crippen molar-refractivity contribution in [3.05, 3.63) is 50.4 Å². The minimum atomic E-state index is -0.416. The second kappa shape index (κ2) is 5.85. The molecule has 0 aliphatic carbocycles. The number of halogens is 2. The molecular weight excluding hydrogens is 388 g/mol. The smallest absolute Gasteiger partial charge is 0.259 e. The zero-order chi connectivity index (χ0) is 14.9. The Hall–Kier alpha value is -1.53. The molecule has 0 atom stereocenters. The van der Waals surface area contributed by atoms with Gasteiger partial charge in [-0.15, -0.1) is 0 Å². The lowest BCUT2D eigenvalue weighted by atomic mass is 10.1. The Bertz CT molecular complexity index is 664. The molecule has 0 fully saturated rings. The highest BCUT2D eigenvalue weighted by atomic mass is 79.9. The Morgan fingerprint density at radius 2 is 2.00 bits per heavy atom. The monoisotopic (exact) mass is 398 g/mol. The summed E-state index contributed by atoms with van der Waals surface area (Å²) in [5.74, 6) is -0.447. The Morgan fingerprint density at radius 3 is 2.65 bits per heavy atom. The fourth-order valence-electron chi connectivity index (χ4n) is 1.75. The number of hydrogen-bond donors (Lipinski definition) is 3. The number of para-hydroxylation sites is 1. The fraction of sp³-hybridized carbons (Fsp3) is 0.0714. The van der Waals surface area contributed by atoms with Crippen molar-refractivity contribution in [2.75, 3.05) is 11.1 Å². The molecule has 0 heterocycles. The molecule has 0 aliphatic rings. The molecule has 0 spiro atoms. The maximum absolute atomic E-state index is 12.2. The molecule has 2 rings (SSSR count). The molecule has 6 heteroatoms. The van der Waals surface area contributed by atoms with E-state index in [9.17, 15) is 9.90 Å². The Kier molecular flexibility index (Phi) is 4.35. The maximum atomic E-state index is 12.2. The van der Waals surface area contributed by atoms with Crippen LogP contribution in [0.5, 0.6) is 5.75 Å². The number of nitrogens with one attached hydrogen (secondary N) is 1. The van der Waals surface area contributed by atoms with Crippen LogP contribution in [0, 0.1) is 6.92 Å². The van der Waals surface area contributed by atoms with Crippen LogP contribution in [0.2, 0.25) is 0 Å². The average Bonchev–Trinajstić information content (AvgIpc) is 2.36. The zero-order valence-electron chi connectivity index (χ0n) is 10.6. The van der Waals surface area contributed by atoms with Crippen LogP contribution >= 0.6 is 31.9 Å². The predicted octanol–water partition coefficient (Wildman–Crippen LogP) is 4.06. The molecule has 1 amide bonds. The highest BCUT2D eigenvalue weighted by Gasteiger charge is 2.15. The zero-order valence-corrected chi connectivity index (χ0v) is 13.7. The number of carbonyl (C=O) groups is 1. The first-order valence-electron chi connectivity index (χ1n) is 5.74. The van der Waals surface area contributed by atoms with Crippen LogP contribution in [0.15, 0.2) is 39.3 Å². The van der Waals surface area contributed by atoms with E-state index in [2.05, 4.69) is 37.2 Å². The number of aromatic hydroxyl groups is 1. The second-order valence-electron chi connectivity index (χ2n) is 4.28. The minimum Gasteiger partial charge on any atom is -0.507 e. The first kappa shape index (κ1) is 14.9. The van der Waals surface area contributed by atoms with Crippen molar-refractivity contribution in [3.8, 4) is 5.75 Å². The molecule has 4 N–H and O–H groups in total. The number of carbonyl (C=O) groups excluding carboxylic acids is 1. The van der Waals surface area contributed by atoms with Gasteiger partial charge in [-0.3, -0.25) is 4.79 Å². The summed E-state index contributed by atoms with van der Waals surface area (Å²) < 4.78 is 1.46. The van der Waals surface area contributed by atoms with Crippen molar-refractivity contribution in [1.82, 2.24) is 0 Å². The SMILES string of the molecule is Cc1cccc(C(=O)Nc2c(N)cc(Br)cc2Br)c1O. The Balaban J connectivity index is 2.36. The van der Waals surface area contributed by atoms with E-state index < -0.39 is 5.91 Å². The molecule has 0 saturated carbocycles. The summed E-state index contributed by atoms with van der Waals surface area (Å²) in [6, 6.07) is 8.47. The molecule has 0 aromatic heterocycles. The average molecular weight is 400 g/mol. The number of nitrogen functional groups attached to an aromatic ring is 1. The molecule has 0 saturated heterocycles. The lowest BCUT2D eigenvalue weighted by Crippen LogP contribution is -2.14. The van der Waals surface area contributed by atoms with E-state index in [1.54, 1.807) is 37.3 Å². The van der Waals surface area contributed by atoms with Crippen LogP contribution in [-0.4, -0.2) is 11.0 Å². The summed E-state index contributed by atoms with van der Waals surface area (Å²) in [7, 11) is 0. The van der Waals surface area contributed by atoms with E-state index in [0.717, 1.165) is 4.47 Å². The van der Waals surface area contributed by atoms with Gasteiger partial charge in [-0.1, -0.05) is 28.1 Å². The second-order valence-corrected chi connectivity index (χ2v) is 6.05. The predicted molar refractivity (Wildman–Crippen MR) is 87.1 cm³/mol. The quantitative estimate of drug-likeness (QED) is 0.666. The van der Waals surface area contributed by atoms with Crippen molar-refractivity contribution in [3.63, 3.8) is 0 Å². The molecule has 104 valence electrons. The Morgan fingerprint density at radius 1 is 1.30 bits per heavy atom. The number of phenolic OH excluding ortho intramolecular Hbond substituents is 1. The third-order valence-electron chi connectivity index (χ3n) is 2.81. The van der Waals surface area contributed by atoms with Gasteiger partial charge in [0.15, 0.2) is 0 Å². The highest BCUT2D eigenvalue weighted by molar-refractivity contribution is 9.11. The summed E-state index contributed by atoms with van der Waals surface area (Å²) in [5, 5.41) is 12.6. The molecule has 0 unspecified atom stereocenters. The number of phenols is 1. The van der Waals surface area contributed by atoms with Crippen molar-refractivity contribution in [1.29, 1.82) is 0 Å². The topological polar surface area (TPSA) is 75.4 Å². The van der Waals surface area contributed by atoms with Crippen LogP contribution in [0.3, 0.4) is 0 Å². The summed E-state index contributed by atoms with van der Waals surface area (Å²) in [5.41, 5.74) is 7.62.